The van der Waals surface area contributed by atoms with Crippen molar-refractivity contribution in [2.24, 2.45) is 0 Å². The van der Waals surface area contributed by atoms with Crippen LogP contribution in [0.1, 0.15) is 30.9 Å². The summed E-state index contributed by atoms with van der Waals surface area (Å²) in [4.78, 5) is 16.3. The van der Waals surface area contributed by atoms with E-state index in [1.54, 1.807) is 12.1 Å². The van der Waals surface area contributed by atoms with E-state index in [4.69, 9.17) is 0 Å². The first kappa shape index (κ1) is 16.3. The lowest BCUT2D eigenvalue weighted by Crippen LogP contribution is -2.07. The smallest absolute Gasteiger partial charge is 0.250 e. The second-order valence-electron chi connectivity index (χ2n) is 5.78. The molecule has 1 heterocycles. The van der Waals surface area contributed by atoms with Crippen molar-refractivity contribution in [2.75, 3.05) is 5.32 Å². The summed E-state index contributed by atoms with van der Waals surface area (Å²) in [6.45, 7) is 4.28. The number of thiazole rings is 1. The Morgan fingerprint density at radius 1 is 1.21 bits per heavy atom. The van der Waals surface area contributed by atoms with Gasteiger partial charge in [-0.3, -0.25) is 10.1 Å². The molecule has 0 saturated carbocycles. The largest absolute Gasteiger partial charge is 0.298 e. The van der Waals surface area contributed by atoms with Gasteiger partial charge in [-0.05, 0) is 41.3 Å². The maximum Gasteiger partial charge on any atom is 0.250 e. The number of hydrogen-bond acceptors (Lipinski definition) is 3. The topological polar surface area (TPSA) is 42.0 Å². The molecule has 1 aromatic heterocycles. The average Bonchev–Trinajstić information content (AvgIpc) is 2.94. The Morgan fingerprint density at radius 3 is 2.67 bits per heavy atom. The molecule has 24 heavy (non-hydrogen) atoms. The summed E-state index contributed by atoms with van der Waals surface area (Å²) < 4.78 is 13.9. The molecule has 0 atom stereocenters. The van der Waals surface area contributed by atoms with E-state index in [2.05, 4.69) is 36.3 Å². The third-order valence-corrected chi connectivity index (χ3v) is 4.54. The number of hydrogen-bond donors (Lipinski definition) is 1. The number of benzene rings is 2. The number of amides is 1. The summed E-state index contributed by atoms with van der Waals surface area (Å²) in [5.74, 6) is -0.0913. The number of nitrogens with zero attached hydrogens (tertiary/aromatic N) is 1. The molecule has 0 spiro atoms. The third-order valence-electron chi connectivity index (χ3n) is 3.61. The molecule has 0 saturated heterocycles. The van der Waals surface area contributed by atoms with Gasteiger partial charge in [0.15, 0.2) is 5.13 Å². The van der Waals surface area contributed by atoms with Crippen LogP contribution in [0.4, 0.5) is 9.52 Å². The van der Waals surface area contributed by atoms with Gasteiger partial charge in [-0.1, -0.05) is 49.4 Å². The predicted octanol–water partition coefficient (Wildman–Crippen LogP) is 5.21. The highest BCUT2D eigenvalue weighted by Gasteiger charge is 2.06. The molecule has 122 valence electrons. The zero-order valence-corrected chi connectivity index (χ0v) is 14.2. The molecule has 2 aromatic carbocycles. The fraction of sp³-hybridized carbons (Fsp3) is 0.158. The van der Waals surface area contributed by atoms with Crippen LogP contribution in [0.25, 0.3) is 16.3 Å². The standard InChI is InChI=1S/C19H17FN2OS/c1-12(2)14-6-3-13(4-7-14)5-10-18(23)22-19-21-16-9-8-15(20)11-17(16)24-19/h3-12H,1-2H3,(H,21,22,23)/b10-5+. The molecular formula is C19H17FN2OS. The van der Waals surface area contributed by atoms with Gasteiger partial charge >= 0.3 is 0 Å². The molecule has 0 aliphatic heterocycles. The molecule has 1 N–H and O–H groups in total. The zero-order valence-electron chi connectivity index (χ0n) is 13.4. The molecule has 0 aliphatic carbocycles. The number of aromatic nitrogens is 1. The lowest BCUT2D eigenvalue weighted by molar-refractivity contribution is -0.111. The zero-order chi connectivity index (χ0) is 17.1. The molecule has 0 aliphatic rings. The number of halogens is 1. The monoisotopic (exact) mass is 340 g/mol. The normalized spacial score (nSPS) is 11.5. The number of carbonyl (C=O) groups is 1. The molecule has 3 rings (SSSR count). The highest BCUT2D eigenvalue weighted by molar-refractivity contribution is 7.22. The van der Waals surface area contributed by atoms with Crippen molar-refractivity contribution < 1.29 is 9.18 Å². The first-order valence-electron chi connectivity index (χ1n) is 7.66. The van der Waals surface area contributed by atoms with Crippen LogP contribution in [-0.2, 0) is 4.79 Å². The van der Waals surface area contributed by atoms with E-state index < -0.39 is 0 Å². The summed E-state index contributed by atoms with van der Waals surface area (Å²) in [6.07, 6.45) is 3.23. The summed E-state index contributed by atoms with van der Waals surface area (Å²) >= 11 is 1.25. The van der Waals surface area contributed by atoms with Gasteiger partial charge in [0.1, 0.15) is 5.82 Å². The van der Waals surface area contributed by atoms with Crippen LogP contribution in [0, 0.1) is 5.82 Å². The molecule has 1 amide bonds. The van der Waals surface area contributed by atoms with Gasteiger partial charge in [-0.25, -0.2) is 9.37 Å². The fourth-order valence-corrected chi connectivity index (χ4v) is 3.16. The van der Waals surface area contributed by atoms with E-state index >= 15 is 0 Å². The van der Waals surface area contributed by atoms with Crippen molar-refractivity contribution in [3.05, 3.63) is 65.5 Å². The van der Waals surface area contributed by atoms with Crippen LogP contribution in [0.5, 0.6) is 0 Å². The molecule has 0 unspecified atom stereocenters. The van der Waals surface area contributed by atoms with Crippen LogP contribution < -0.4 is 5.32 Å². The third kappa shape index (κ3) is 3.86. The molecule has 3 aromatic rings. The van der Waals surface area contributed by atoms with Crippen LogP contribution in [0.2, 0.25) is 0 Å². The second-order valence-corrected chi connectivity index (χ2v) is 6.81. The second kappa shape index (κ2) is 6.93. The van der Waals surface area contributed by atoms with Crippen molar-refractivity contribution >= 4 is 38.7 Å². The Kier molecular flexibility index (Phi) is 4.71. The molecule has 0 bridgehead atoms. The van der Waals surface area contributed by atoms with Crippen LogP contribution in [0.15, 0.2) is 48.5 Å². The summed E-state index contributed by atoms with van der Waals surface area (Å²) in [7, 11) is 0. The first-order valence-corrected chi connectivity index (χ1v) is 8.48. The van der Waals surface area contributed by atoms with Crippen molar-refractivity contribution in [3.8, 4) is 0 Å². The van der Waals surface area contributed by atoms with Gasteiger partial charge in [0.2, 0.25) is 5.91 Å². The van der Waals surface area contributed by atoms with Crippen LogP contribution in [0.3, 0.4) is 0 Å². The summed E-state index contributed by atoms with van der Waals surface area (Å²) in [5.41, 5.74) is 2.89. The summed E-state index contributed by atoms with van der Waals surface area (Å²) in [6, 6.07) is 12.5. The molecule has 5 heteroatoms. The van der Waals surface area contributed by atoms with Crippen molar-refractivity contribution in [3.63, 3.8) is 0 Å². The lowest BCUT2D eigenvalue weighted by atomic mass is 10.0. The maximum absolute atomic E-state index is 13.2. The quantitative estimate of drug-likeness (QED) is 0.662. The number of rotatable bonds is 4. The van der Waals surface area contributed by atoms with Gasteiger partial charge < -0.3 is 0 Å². The molecule has 0 fully saturated rings. The van der Waals surface area contributed by atoms with Gasteiger partial charge in [-0.2, -0.15) is 0 Å². The Labute approximate surface area is 143 Å². The highest BCUT2D eigenvalue weighted by atomic mass is 32.1. The van der Waals surface area contributed by atoms with E-state index in [1.165, 1.54) is 35.1 Å². The number of fused-ring (bicyclic) bond motifs is 1. The molecule has 0 radical (unpaired) electrons. The van der Waals surface area contributed by atoms with Gasteiger partial charge in [0.05, 0.1) is 10.2 Å². The SMILES string of the molecule is CC(C)c1ccc(/C=C/C(=O)Nc2nc3ccc(F)cc3s2)cc1. The summed E-state index contributed by atoms with van der Waals surface area (Å²) in [5, 5.41) is 3.17. The first-order chi connectivity index (χ1) is 11.5. The van der Waals surface area contributed by atoms with Crippen molar-refractivity contribution in [1.82, 2.24) is 4.98 Å². The van der Waals surface area contributed by atoms with E-state index in [-0.39, 0.29) is 11.7 Å². The Morgan fingerprint density at radius 2 is 1.96 bits per heavy atom. The predicted molar refractivity (Wildman–Crippen MR) is 97.8 cm³/mol. The number of nitrogens with one attached hydrogen (secondary N) is 1. The van der Waals surface area contributed by atoms with Gasteiger partial charge in [-0.15, -0.1) is 0 Å². The lowest BCUT2D eigenvalue weighted by Gasteiger charge is -2.04. The minimum atomic E-state index is -0.311. The molecular weight excluding hydrogens is 323 g/mol. The number of anilines is 1. The van der Waals surface area contributed by atoms with E-state index in [0.717, 1.165) is 5.56 Å². The van der Waals surface area contributed by atoms with Crippen molar-refractivity contribution in [1.29, 1.82) is 0 Å². The Balaban J connectivity index is 1.67. The van der Waals surface area contributed by atoms with E-state index in [0.29, 0.717) is 21.3 Å². The van der Waals surface area contributed by atoms with Crippen LogP contribution in [-0.4, -0.2) is 10.9 Å². The van der Waals surface area contributed by atoms with E-state index in [9.17, 15) is 9.18 Å². The van der Waals surface area contributed by atoms with E-state index in [1.807, 2.05) is 12.1 Å². The highest BCUT2D eigenvalue weighted by Crippen LogP contribution is 2.26. The minimum absolute atomic E-state index is 0.262. The number of carbonyl (C=O) groups excluding carboxylic acids is 1. The van der Waals surface area contributed by atoms with Crippen LogP contribution >= 0.6 is 11.3 Å². The Hall–Kier alpha value is -2.53. The fourth-order valence-electron chi connectivity index (χ4n) is 2.26. The maximum atomic E-state index is 13.2. The Bertz CT molecular complexity index is 897. The van der Waals surface area contributed by atoms with Gasteiger partial charge in [0.25, 0.3) is 0 Å². The van der Waals surface area contributed by atoms with Crippen molar-refractivity contribution in [2.45, 2.75) is 19.8 Å². The minimum Gasteiger partial charge on any atom is -0.298 e. The molecule has 3 nitrogen and oxygen atoms in total. The van der Waals surface area contributed by atoms with Gasteiger partial charge in [0, 0.05) is 6.08 Å². The average molecular weight is 340 g/mol.